The van der Waals surface area contributed by atoms with Gasteiger partial charge in [0.25, 0.3) is 0 Å². The van der Waals surface area contributed by atoms with E-state index in [9.17, 15) is 14.7 Å². The maximum absolute atomic E-state index is 11.6. The van der Waals surface area contributed by atoms with Crippen molar-refractivity contribution in [3.63, 3.8) is 0 Å². The van der Waals surface area contributed by atoms with Gasteiger partial charge in [0.1, 0.15) is 0 Å². The van der Waals surface area contributed by atoms with Crippen molar-refractivity contribution in [2.75, 3.05) is 12.4 Å². The molecule has 1 aliphatic carbocycles. The van der Waals surface area contributed by atoms with Crippen molar-refractivity contribution in [3.05, 3.63) is 11.6 Å². The fourth-order valence-corrected chi connectivity index (χ4v) is 5.10. The average Bonchev–Trinajstić information content (AvgIpc) is 2.65. The van der Waals surface area contributed by atoms with E-state index in [1.165, 1.54) is 37.7 Å². The maximum atomic E-state index is 11.6. The van der Waals surface area contributed by atoms with Crippen molar-refractivity contribution in [1.82, 2.24) is 0 Å². The summed E-state index contributed by atoms with van der Waals surface area (Å²) in [6.45, 7) is 4.38. The summed E-state index contributed by atoms with van der Waals surface area (Å²) < 4.78 is 4.97. The second-order valence-corrected chi connectivity index (χ2v) is 8.82. The molecule has 0 spiro atoms. The van der Waals surface area contributed by atoms with Crippen molar-refractivity contribution < 1.29 is 24.5 Å². The Morgan fingerprint density at radius 3 is 2.57 bits per heavy atom. The molecule has 162 valence electrons. The van der Waals surface area contributed by atoms with Crippen molar-refractivity contribution in [2.24, 2.45) is 5.92 Å². The molecule has 0 bridgehead atoms. The van der Waals surface area contributed by atoms with Crippen LogP contribution in [-0.2, 0) is 14.3 Å². The van der Waals surface area contributed by atoms with E-state index in [-0.39, 0.29) is 23.6 Å². The Morgan fingerprint density at radius 2 is 1.89 bits per heavy atom. The summed E-state index contributed by atoms with van der Waals surface area (Å²) in [6.07, 6.45) is 12.0. The Bertz CT molecular complexity index is 491. The molecule has 0 aliphatic heterocycles. The van der Waals surface area contributed by atoms with Gasteiger partial charge in [-0.3, -0.25) is 9.59 Å². The highest BCUT2D eigenvalue weighted by molar-refractivity contribution is 8.00. The normalized spacial score (nSPS) is 23.7. The van der Waals surface area contributed by atoms with Gasteiger partial charge < -0.3 is 14.9 Å². The summed E-state index contributed by atoms with van der Waals surface area (Å²) in [4.78, 5) is 22.7. The molecule has 1 saturated carbocycles. The molecule has 0 amide bonds. The quantitative estimate of drug-likeness (QED) is 0.237. The second kappa shape index (κ2) is 14.9. The van der Waals surface area contributed by atoms with E-state index >= 15 is 0 Å². The highest BCUT2D eigenvalue weighted by Crippen LogP contribution is 2.38. The number of hydrogen-bond acceptors (Lipinski definition) is 5. The molecule has 1 rings (SSSR count). The number of rotatable bonds is 14. The Morgan fingerprint density at radius 1 is 1.18 bits per heavy atom. The zero-order chi connectivity index (χ0) is 20.8. The third-order valence-corrected chi connectivity index (χ3v) is 6.65. The minimum absolute atomic E-state index is 0.000805. The van der Waals surface area contributed by atoms with Gasteiger partial charge in [0.2, 0.25) is 0 Å². The van der Waals surface area contributed by atoms with Crippen LogP contribution in [0.3, 0.4) is 0 Å². The van der Waals surface area contributed by atoms with Crippen LogP contribution >= 0.6 is 11.8 Å². The van der Waals surface area contributed by atoms with Crippen LogP contribution in [0.25, 0.3) is 0 Å². The van der Waals surface area contributed by atoms with Crippen LogP contribution in [0.15, 0.2) is 11.6 Å². The van der Waals surface area contributed by atoms with E-state index in [0.29, 0.717) is 25.2 Å². The molecule has 0 saturated heterocycles. The Hall–Kier alpha value is -1.01. The molecule has 1 fully saturated rings. The summed E-state index contributed by atoms with van der Waals surface area (Å²) in [5, 5.41) is 19.8. The molecule has 0 aromatic carbocycles. The number of aliphatic hydroxyl groups is 1. The Kier molecular flexibility index (Phi) is 13.3. The fourth-order valence-electron chi connectivity index (χ4n) is 3.72. The number of carbonyl (C=O) groups is 2. The summed E-state index contributed by atoms with van der Waals surface area (Å²) in [7, 11) is 0. The minimum Gasteiger partial charge on any atom is -0.481 e. The van der Waals surface area contributed by atoms with Gasteiger partial charge in [-0.25, -0.2) is 0 Å². The summed E-state index contributed by atoms with van der Waals surface area (Å²) in [6, 6.07) is 0. The van der Waals surface area contributed by atoms with Crippen molar-refractivity contribution in [2.45, 2.75) is 95.8 Å². The number of unbranched alkanes of at least 4 members (excludes halogenated alkanes) is 6. The van der Waals surface area contributed by atoms with E-state index in [2.05, 4.69) is 13.0 Å². The van der Waals surface area contributed by atoms with Crippen LogP contribution in [0.2, 0.25) is 0 Å². The van der Waals surface area contributed by atoms with E-state index in [1.54, 1.807) is 18.7 Å². The third kappa shape index (κ3) is 9.97. The zero-order valence-electron chi connectivity index (χ0n) is 17.5. The van der Waals surface area contributed by atoms with Gasteiger partial charge in [-0.05, 0) is 38.5 Å². The molecule has 0 radical (unpaired) electrons. The molecule has 2 N–H and O–H groups in total. The first-order valence-corrected chi connectivity index (χ1v) is 11.9. The number of thioether (sulfide) groups is 1. The van der Waals surface area contributed by atoms with Gasteiger partial charge in [0.15, 0.2) is 0 Å². The second-order valence-electron chi connectivity index (χ2n) is 7.57. The zero-order valence-corrected chi connectivity index (χ0v) is 18.3. The maximum Gasteiger partial charge on any atom is 0.306 e. The number of carbonyl (C=O) groups excluding carboxylic acids is 1. The van der Waals surface area contributed by atoms with Crippen LogP contribution in [0.4, 0.5) is 0 Å². The smallest absolute Gasteiger partial charge is 0.306 e. The average molecular weight is 415 g/mol. The van der Waals surface area contributed by atoms with Crippen LogP contribution in [0, 0.1) is 5.92 Å². The Labute approximate surface area is 174 Å². The van der Waals surface area contributed by atoms with Crippen molar-refractivity contribution >= 4 is 23.7 Å². The van der Waals surface area contributed by atoms with Crippen LogP contribution in [-0.4, -0.2) is 45.9 Å². The van der Waals surface area contributed by atoms with Gasteiger partial charge in [-0.15, -0.1) is 0 Å². The first kappa shape index (κ1) is 25.0. The molecular weight excluding hydrogens is 376 g/mol. The number of aliphatic hydroxyl groups excluding tert-OH is 1. The topological polar surface area (TPSA) is 83.8 Å². The molecule has 28 heavy (non-hydrogen) atoms. The summed E-state index contributed by atoms with van der Waals surface area (Å²) in [5.74, 6) is -0.725. The van der Waals surface area contributed by atoms with Gasteiger partial charge in [-0.1, -0.05) is 50.7 Å². The molecule has 0 aromatic heterocycles. The Balaban J connectivity index is 2.58. The first-order valence-electron chi connectivity index (χ1n) is 10.9. The van der Waals surface area contributed by atoms with E-state index in [4.69, 9.17) is 9.84 Å². The minimum atomic E-state index is -0.862. The number of esters is 1. The number of carboxylic acids is 1. The van der Waals surface area contributed by atoms with Crippen LogP contribution in [0.1, 0.15) is 84.5 Å². The number of aliphatic carboxylic acids is 1. The molecule has 2 unspecified atom stereocenters. The van der Waals surface area contributed by atoms with Gasteiger partial charge in [0.05, 0.1) is 30.8 Å². The lowest BCUT2D eigenvalue weighted by Crippen LogP contribution is -2.38. The number of allylic oxidation sites excluding steroid dienone is 1. The molecule has 5 nitrogen and oxygen atoms in total. The molecule has 0 heterocycles. The van der Waals surface area contributed by atoms with E-state index < -0.39 is 12.1 Å². The third-order valence-electron chi connectivity index (χ3n) is 5.27. The highest BCUT2D eigenvalue weighted by atomic mass is 32.2. The molecule has 3 atom stereocenters. The molecule has 0 aromatic rings. The van der Waals surface area contributed by atoms with E-state index in [0.717, 1.165) is 19.3 Å². The number of hydrogen-bond donors (Lipinski definition) is 2. The fraction of sp³-hybridized carbons (Fsp3) is 0.818. The summed E-state index contributed by atoms with van der Waals surface area (Å²) >= 11 is 1.56. The lowest BCUT2D eigenvalue weighted by molar-refractivity contribution is -0.142. The first-order chi connectivity index (χ1) is 13.5. The van der Waals surface area contributed by atoms with Crippen LogP contribution in [0.5, 0.6) is 0 Å². The highest BCUT2D eigenvalue weighted by Gasteiger charge is 2.36. The number of carboxylic acid groups (broad SMARTS) is 1. The molecule has 1 aliphatic rings. The molecular formula is C22H38O5S. The van der Waals surface area contributed by atoms with Gasteiger partial charge in [-0.2, -0.15) is 11.8 Å². The van der Waals surface area contributed by atoms with Gasteiger partial charge in [0, 0.05) is 5.75 Å². The predicted molar refractivity (Wildman–Crippen MR) is 115 cm³/mol. The monoisotopic (exact) mass is 414 g/mol. The summed E-state index contributed by atoms with van der Waals surface area (Å²) in [5.41, 5.74) is 1.22. The largest absolute Gasteiger partial charge is 0.481 e. The lowest BCUT2D eigenvalue weighted by atomic mass is 9.80. The van der Waals surface area contributed by atoms with Gasteiger partial charge >= 0.3 is 11.9 Å². The molecule has 6 heteroatoms. The van der Waals surface area contributed by atoms with E-state index in [1.807, 2.05) is 0 Å². The lowest BCUT2D eigenvalue weighted by Gasteiger charge is -2.36. The number of ether oxygens (including phenoxy) is 1. The van der Waals surface area contributed by atoms with Crippen molar-refractivity contribution in [1.29, 1.82) is 0 Å². The standard InChI is InChI=1S/C22H38O5S/c1-3-5-6-7-8-9-10-11-17-12-13-18(16-19(23)24)21(26)22(17)28-15-14-20(25)27-4-2/h11,18,21-22,26H,3-10,12-16H2,1-2H3,(H,23,24)/t18?,21?,22-/m0/s1. The van der Waals surface area contributed by atoms with Crippen molar-refractivity contribution in [3.8, 4) is 0 Å². The SMILES string of the molecule is CCCCCCCCC=C1CCC(CC(=O)O)C(O)[C@H]1SCCC(=O)OCC. The van der Waals surface area contributed by atoms with Crippen LogP contribution < -0.4 is 0 Å². The predicted octanol–water partition coefficient (Wildman–Crippen LogP) is 4.96.